The maximum absolute atomic E-state index is 5.53. The van der Waals surface area contributed by atoms with Gasteiger partial charge in [-0.2, -0.15) is 0 Å². The van der Waals surface area contributed by atoms with E-state index in [2.05, 4.69) is 42.0 Å². The molecule has 0 unspecified atom stereocenters. The van der Waals surface area contributed by atoms with Gasteiger partial charge in [0, 0.05) is 37.2 Å². The molecule has 1 aromatic heterocycles. The zero-order chi connectivity index (χ0) is 13.1. The minimum Gasteiger partial charge on any atom is -0.326 e. The van der Waals surface area contributed by atoms with Gasteiger partial charge in [0.2, 0.25) is 5.95 Å². The molecular formula is C14H18N4. The Bertz CT molecular complexity index is 514. The number of hydrogen-bond acceptors (Lipinski definition) is 4. The summed E-state index contributed by atoms with van der Waals surface area (Å²) in [6.45, 7) is 4.64. The van der Waals surface area contributed by atoms with Gasteiger partial charge < -0.3 is 10.6 Å². The second-order valence-corrected chi connectivity index (χ2v) is 4.50. The number of aryl methyl sites for hydroxylation is 2. The van der Waals surface area contributed by atoms with E-state index < -0.39 is 0 Å². The normalized spacial score (nSPS) is 10.4. The van der Waals surface area contributed by atoms with Crippen molar-refractivity contribution in [1.82, 2.24) is 9.97 Å². The van der Waals surface area contributed by atoms with Crippen molar-refractivity contribution in [2.45, 2.75) is 20.4 Å². The SMILES string of the molecule is Cc1cc(C)cc(N(C)c2ncc(CN)cn2)c1. The lowest BCUT2D eigenvalue weighted by Crippen LogP contribution is -2.13. The number of hydrogen-bond donors (Lipinski definition) is 1. The quantitative estimate of drug-likeness (QED) is 0.897. The van der Waals surface area contributed by atoms with Gasteiger partial charge in [0.1, 0.15) is 0 Å². The molecule has 2 N–H and O–H groups in total. The van der Waals surface area contributed by atoms with Crippen molar-refractivity contribution < 1.29 is 0 Å². The van der Waals surface area contributed by atoms with Crippen LogP contribution in [0.15, 0.2) is 30.6 Å². The van der Waals surface area contributed by atoms with Gasteiger partial charge in [-0.05, 0) is 37.1 Å². The molecule has 2 rings (SSSR count). The van der Waals surface area contributed by atoms with Crippen LogP contribution < -0.4 is 10.6 Å². The van der Waals surface area contributed by atoms with E-state index >= 15 is 0 Å². The van der Waals surface area contributed by atoms with Crippen molar-refractivity contribution in [3.05, 3.63) is 47.3 Å². The number of benzene rings is 1. The summed E-state index contributed by atoms with van der Waals surface area (Å²) >= 11 is 0. The summed E-state index contributed by atoms with van der Waals surface area (Å²) < 4.78 is 0. The third kappa shape index (κ3) is 2.65. The summed E-state index contributed by atoms with van der Waals surface area (Å²) in [5, 5.41) is 0. The molecule has 4 heteroatoms. The van der Waals surface area contributed by atoms with Crippen molar-refractivity contribution in [2.24, 2.45) is 5.73 Å². The molecule has 0 atom stereocenters. The number of aromatic nitrogens is 2. The fourth-order valence-corrected chi connectivity index (χ4v) is 1.89. The van der Waals surface area contributed by atoms with E-state index in [-0.39, 0.29) is 0 Å². The highest BCUT2D eigenvalue weighted by Crippen LogP contribution is 2.22. The fourth-order valence-electron chi connectivity index (χ4n) is 1.89. The minimum atomic E-state index is 0.466. The molecule has 0 bridgehead atoms. The van der Waals surface area contributed by atoms with E-state index in [9.17, 15) is 0 Å². The van der Waals surface area contributed by atoms with E-state index in [1.54, 1.807) is 12.4 Å². The smallest absolute Gasteiger partial charge is 0.229 e. The average molecular weight is 242 g/mol. The van der Waals surface area contributed by atoms with Gasteiger partial charge in [-0.3, -0.25) is 0 Å². The highest BCUT2D eigenvalue weighted by Gasteiger charge is 2.07. The van der Waals surface area contributed by atoms with Gasteiger partial charge in [0.25, 0.3) is 0 Å². The summed E-state index contributed by atoms with van der Waals surface area (Å²) in [6.07, 6.45) is 3.53. The van der Waals surface area contributed by atoms with Crippen LogP contribution in [0.1, 0.15) is 16.7 Å². The van der Waals surface area contributed by atoms with Crippen molar-refractivity contribution in [3.63, 3.8) is 0 Å². The largest absolute Gasteiger partial charge is 0.326 e. The number of rotatable bonds is 3. The summed E-state index contributed by atoms with van der Waals surface area (Å²) in [4.78, 5) is 10.6. The van der Waals surface area contributed by atoms with E-state index in [0.717, 1.165) is 11.3 Å². The third-order valence-electron chi connectivity index (χ3n) is 2.82. The predicted octanol–water partition coefficient (Wildman–Crippen LogP) is 2.32. The van der Waals surface area contributed by atoms with Gasteiger partial charge in [0.15, 0.2) is 0 Å². The summed E-state index contributed by atoms with van der Waals surface area (Å²) in [7, 11) is 1.96. The summed E-state index contributed by atoms with van der Waals surface area (Å²) in [5.74, 6) is 0.678. The molecule has 18 heavy (non-hydrogen) atoms. The number of nitrogens with two attached hydrogens (primary N) is 1. The average Bonchev–Trinajstić information content (AvgIpc) is 2.37. The van der Waals surface area contributed by atoms with Crippen molar-refractivity contribution in [2.75, 3.05) is 11.9 Å². The summed E-state index contributed by atoms with van der Waals surface area (Å²) in [6, 6.07) is 6.39. The molecule has 0 amide bonds. The van der Waals surface area contributed by atoms with E-state index in [4.69, 9.17) is 5.73 Å². The molecule has 0 radical (unpaired) electrons. The first-order valence-electron chi connectivity index (χ1n) is 5.93. The van der Waals surface area contributed by atoms with Gasteiger partial charge in [-0.25, -0.2) is 9.97 Å². The van der Waals surface area contributed by atoms with Gasteiger partial charge in [-0.1, -0.05) is 6.07 Å². The molecule has 0 spiro atoms. The first-order chi connectivity index (χ1) is 8.60. The van der Waals surface area contributed by atoms with Crippen LogP contribution in [0.25, 0.3) is 0 Å². The number of nitrogens with zero attached hydrogens (tertiary/aromatic N) is 3. The second-order valence-electron chi connectivity index (χ2n) is 4.50. The van der Waals surface area contributed by atoms with Crippen LogP contribution in [0, 0.1) is 13.8 Å². The standard InChI is InChI=1S/C14H18N4/c1-10-4-11(2)6-13(5-10)18(3)14-16-8-12(7-15)9-17-14/h4-6,8-9H,7,15H2,1-3H3. The molecule has 1 heterocycles. The molecule has 1 aromatic carbocycles. The Labute approximate surface area is 107 Å². The maximum atomic E-state index is 5.53. The molecule has 94 valence electrons. The van der Waals surface area contributed by atoms with Crippen molar-refractivity contribution in [1.29, 1.82) is 0 Å². The first kappa shape index (κ1) is 12.5. The highest BCUT2D eigenvalue weighted by molar-refractivity contribution is 5.58. The maximum Gasteiger partial charge on any atom is 0.229 e. The molecule has 0 aliphatic heterocycles. The van der Waals surface area contributed by atoms with Crippen LogP contribution >= 0.6 is 0 Å². The van der Waals surface area contributed by atoms with Gasteiger partial charge in [-0.15, -0.1) is 0 Å². The third-order valence-corrected chi connectivity index (χ3v) is 2.82. The zero-order valence-corrected chi connectivity index (χ0v) is 11.0. The Hall–Kier alpha value is -1.94. The molecule has 4 nitrogen and oxygen atoms in total. The van der Waals surface area contributed by atoms with Gasteiger partial charge in [0.05, 0.1) is 0 Å². The van der Waals surface area contributed by atoms with Crippen LogP contribution in [0.5, 0.6) is 0 Å². The molecular weight excluding hydrogens is 224 g/mol. The summed E-state index contributed by atoms with van der Waals surface area (Å²) in [5.41, 5.74) is 10.0. The lowest BCUT2D eigenvalue weighted by molar-refractivity contribution is 0.976. The minimum absolute atomic E-state index is 0.466. The lowest BCUT2D eigenvalue weighted by atomic mass is 10.1. The van der Waals surface area contributed by atoms with Crippen LogP contribution in [0.4, 0.5) is 11.6 Å². The van der Waals surface area contributed by atoms with E-state index in [0.29, 0.717) is 12.5 Å². The van der Waals surface area contributed by atoms with Crippen LogP contribution in [0.2, 0.25) is 0 Å². The molecule has 2 aromatic rings. The topological polar surface area (TPSA) is 55.0 Å². The lowest BCUT2D eigenvalue weighted by Gasteiger charge is -2.18. The van der Waals surface area contributed by atoms with E-state index in [1.807, 2.05) is 11.9 Å². The Morgan fingerprint density at radius 3 is 2.11 bits per heavy atom. The molecule has 0 saturated carbocycles. The number of anilines is 2. The Morgan fingerprint density at radius 2 is 1.61 bits per heavy atom. The van der Waals surface area contributed by atoms with E-state index in [1.165, 1.54) is 11.1 Å². The monoisotopic (exact) mass is 242 g/mol. The van der Waals surface area contributed by atoms with Crippen molar-refractivity contribution >= 4 is 11.6 Å². The predicted molar refractivity (Wildman–Crippen MR) is 73.9 cm³/mol. The first-order valence-corrected chi connectivity index (χ1v) is 5.93. The Kier molecular flexibility index (Phi) is 3.58. The highest BCUT2D eigenvalue weighted by atomic mass is 15.2. The van der Waals surface area contributed by atoms with Crippen LogP contribution in [0.3, 0.4) is 0 Å². The molecule has 0 saturated heterocycles. The molecule has 0 aliphatic rings. The Morgan fingerprint density at radius 1 is 1.06 bits per heavy atom. The molecule has 0 aliphatic carbocycles. The van der Waals surface area contributed by atoms with Gasteiger partial charge >= 0.3 is 0 Å². The van der Waals surface area contributed by atoms with Crippen LogP contribution in [-0.2, 0) is 6.54 Å². The molecule has 0 fully saturated rings. The van der Waals surface area contributed by atoms with Crippen LogP contribution in [-0.4, -0.2) is 17.0 Å². The Balaban J connectivity index is 2.31. The zero-order valence-electron chi connectivity index (χ0n) is 11.0. The fraction of sp³-hybridized carbons (Fsp3) is 0.286. The second kappa shape index (κ2) is 5.14. The van der Waals surface area contributed by atoms with Crippen molar-refractivity contribution in [3.8, 4) is 0 Å².